The fraction of sp³-hybridized carbons (Fsp3) is 0.615. The first-order chi connectivity index (χ1) is 8.74. The van der Waals surface area contributed by atoms with Crippen LogP contribution in [0.5, 0.6) is 0 Å². The summed E-state index contributed by atoms with van der Waals surface area (Å²) in [6, 6.07) is 0. The third kappa shape index (κ3) is 2.78. The van der Waals surface area contributed by atoms with Crippen LogP contribution in [0.3, 0.4) is 0 Å². The van der Waals surface area contributed by atoms with Crippen LogP contribution in [-0.2, 0) is 6.42 Å². The molecule has 1 aromatic rings. The van der Waals surface area contributed by atoms with E-state index in [0.717, 1.165) is 30.5 Å². The molecule has 1 aromatic heterocycles. The molecule has 1 aliphatic carbocycles. The average Bonchev–Trinajstić information content (AvgIpc) is 2.37. The molecule has 0 fully saturated rings. The molecule has 0 saturated heterocycles. The zero-order valence-corrected chi connectivity index (χ0v) is 10.8. The SMILES string of the molecule is CCCCCC1C/C(=N/O)c2cnc(N)nc2C1. The van der Waals surface area contributed by atoms with Gasteiger partial charge in [-0.15, -0.1) is 0 Å². The number of nitrogens with two attached hydrogens (primary N) is 1. The van der Waals surface area contributed by atoms with Gasteiger partial charge in [0, 0.05) is 11.8 Å². The van der Waals surface area contributed by atoms with Crippen LogP contribution in [0.1, 0.15) is 50.3 Å². The Kier molecular flexibility index (Phi) is 4.12. The van der Waals surface area contributed by atoms with E-state index in [1.54, 1.807) is 6.20 Å². The predicted molar refractivity (Wildman–Crippen MR) is 70.7 cm³/mol. The van der Waals surface area contributed by atoms with Gasteiger partial charge in [0.1, 0.15) is 0 Å². The number of fused-ring (bicyclic) bond motifs is 1. The van der Waals surface area contributed by atoms with Crippen molar-refractivity contribution >= 4 is 11.7 Å². The molecule has 18 heavy (non-hydrogen) atoms. The van der Waals surface area contributed by atoms with Crippen molar-refractivity contribution in [3.8, 4) is 0 Å². The molecule has 0 aliphatic heterocycles. The van der Waals surface area contributed by atoms with Gasteiger partial charge >= 0.3 is 0 Å². The van der Waals surface area contributed by atoms with E-state index in [1.165, 1.54) is 19.3 Å². The van der Waals surface area contributed by atoms with Crippen molar-refractivity contribution in [1.29, 1.82) is 0 Å². The third-order valence-corrected chi connectivity index (χ3v) is 3.50. The highest BCUT2D eigenvalue weighted by molar-refractivity contribution is 6.02. The standard InChI is InChI=1S/C13H20N4O/c1-2-3-4-5-9-6-11-10(12(7-9)17-18)8-15-13(14)16-11/h8-9,18H,2-7H2,1H3,(H2,14,15,16)/b17-12-. The lowest BCUT2D eigenvalue weighted by molar-refractivity contribution is 0.314. The Morgan fingerprint density at radius 3 is 3.00 bits per heavy atom. The van der Waals surface area contributed by atoms with Crippen LogP contribution in [0.2, 0.25) is 0 Å². The Balaban J connectivity index is 2.14. The molecule has 0 aromatic carbocycles. The topological polar surface area (TPSA) is 84.4 Å². The Bertz CT molecular complexity index is 445. The molecule has 5 heteroatoms. The van der Waals surface area contributed by atoms with E-state index in [2.05, 4.69) is 22.0 Å². The molecule has 0 amide bonds. The second-order valence-electron chi connectivity index (χ2n) is 4.91. The molecular weight excluding hydrogens is 228 g/mol. The van der Waals surface area contributed by atoms with Gasteiger partial charge in [0.15, 0.2) is 0 Å². The molecule has 1 heterocycles. The highest BCUT2D eigenvalue weighted by Crippen LogP contribution is 2.28. The van der Waals surface area contributed by atoms with Crippen molar-refractivity contribution in [2.45, 2.75) is 45.4 Å². The smallest absolute Gasteiger partial charge is 0.220 e. The van der Waals surface area contributed by atoms with Gasteiger partial charge in [0.2, 0.25) is 5.95 Å². The second kappa shape index (κ2) is 5.80. The van der Waals surface area contributed by atoms with E-state index in [4.69, 9.17) is 10.9 Å². The minimum Gasteiger partial charge on any atom is -0.411 e. The number of oxime groups is 1. The van der Waals surface area contributed by atoms with E-state index < -0.39 is 0 Å². The van der Waals surface area contributed by atoms with Crippen LogP contribution >= 0.6 is 0 Å². The van der Waals surface area contributed by atoms with Gasteiger partial charge in [0.25, 0.3) is 0 Å². The average molecular weight is 248 g/mol. The molecule has 2 rings (SSSR count). The van der Waals surface area contributed by atoms with E-state index in [1.807, 2.05) is 0 Å². The quantitative estimate of drug-likeness (QED) is 0.486. The van der Waals surface area contributed by atoms with Gasteiger partial charge in [-0.05, 0) is 25.2 Å². The highest BCUT2D eigenvalue weighted by atomic mass is 16.4. The largest absolute Gasteiger partial charge is 0.411 e. The molecule has 1 unspecified atom stereocenters. The number of nitrogen functional groups attached to an aromatic ring is 1. The van der Waals surface area contributed by atoms with Gasteiger partial charge in [-0.1, -0.05) is 31.3 Å². The Hall–Kier alpha value is -1.65. The number of anilines is 1. The lowest BCUT2D eigenvalue weighted by Crippen LogP contribution is -2.23. The first-order valence-corrected chi connectivity index (χ1v) is 6.57. The van der Waals surface area contributed by atoms with Gasteiger partial charge in [-0.2, -0.15) is 0 Å². The van der Waals surface area contributed by atoms with Gasteiger partial charge in [0.05, 0.1) is 11.4 Å². The van der Waals surface area contributed by atoms with Crippen molar-refractivity contribution in [2.75, 3.05) is 5.73 Å². The minimum absolute atomic E-state index is 0.292. The number of nitrogens with zero attached hydrogens (tertiary/aromatic N) is 3. The highest BCUT2D eigenvalue weighted by Gasteiger charge is 2.25. The first kappa shape index (κ1) is 12.8. The summed E-state index contributed by atoms with van der Waals surface area (Å²) in [7, 11) is 0. The Morgan fingerprint density at radius 1 is 1.44 bits per heavy atom. The van der Waals surface area contributed by atoms with Crippen LogP contribution in [0.25, 0.3) is 0 Å². The van der Waals surface area contributed by atoms with Crippen LogP contribution in [-0.4, -0.2) is 20.9 Å². The van der Waals surface area contributed by atoms with Crippen molar-refractivity contribution in [3.63, 3.8) is 0 Å². The van der Waals surface area contributed by atoms with Gasteiger partial charge < -0.3 is 10.9 Å². The maximum Gasteiger partial charge on any atom is 0.220 e. The molecule has 0 spiro atoms. The second-order valence-corrected chi connectivity index (χ2v) is 4.91. The lowest BCUT2D eigenvalue weighted by Gasteiger charge is -2.24. The minimum atomic E-state index is 0.292. The van der Waals surface area contributed by atoms with E-state index in [-0.39, 0.29) is 0 Å². The summed E-state index contributed by atoms with van der Waals surface area (Å²) in [4.78, 5) is 8.23. The molecule has 3 N–H and O–H groups in total. The molecule has 5 nitrogen and oxygen atoms in total. The fourth-order valence-electron chi connectivity index (χ4n) is 2.54. The maximum absolute atomic E-state index is 9.10. The first-order valence-electron chi connectivity index (χ1n) is 6.57. The van der Waals surface area contributed by atoms with E-state index in [0.29, 0.717) is 17.6 Å². The molecule has 98 valence electrons. The number of hydrogen-bond acceptors (Lipinski definition) is 5. The number of unbranched alkanes of at least 4 members (excludes halogenated alkanes) is 2. The normalized spacial score (nSPS) is 20.9. The molecular formula is C13H20N4O. The molecule has 1 aliphatic rings. The van der Waals surface area contributed by atoms with Crippen LogP contribution < -0.4 is 5.73 Å². The number of rotatable bonds is 4. The summed E-state index contributed by atoms with van der Waals surface area (Å²) in [5.74, 6) is 0.796. The summed E-state index contributed by atoms with van der Waals surface area (Å²) in [6.45, 7) is 2.20. The van der Waals surface area contributed by atoms with Crippen LogP contribution in [0.15, 0.2) is 11.4 Å². The van der Waals surface area contributed by atoms with Gasteiger partial charge in [-0.25, -0.2) is 9.97 Å². The fourth-order valence-corrected chi connectivity index (χ4v) is 2.54. The number of hydrogen-bond donors (Lipinski definition) is 2. The summed E-state index contributed by atoms with van der Waals surface area (Å²) in [5, 5.41) is 12.5. The molecule has 0 saturated carbocycles. The molecule has 0 radical (unpaired) electrons. The zero-order chi connectivity index (χ0) is 13.0. The predicted octanol–water partition coefficient (Wildman–Crippen LogP) is 2.38. The lowest BCUT2D eigenvalue weighted by atomic mass is 9.83. The summed E-state index contributed by atoms with van der Waals surface area (Å²) < 4.78 is 0. The summed E-state index contributed by atoms with van der Waals surface area (Å²) >= 11 is 0. The van der Waals surface area contributed by atoms with Gasteiger partial charge in [-0.3, -0.25) is 0 Å². The van der Waals surface area contributed by atoms with Crippen molar-refractivity contribution in [2.24, 2.45) is 11.1 Å². The summed E-state index contributed by atoms with van der Waals surface area (Å²) in [6.07, 6.45) is 8.21. The zero-order valence-electron chi connectivity index (χ0n) is 10.8. The maximum atomic E-state index is 9.10. The van der Waals surface area contributed by atoms with Crippen molar-refractivity contribution in [3.05, 3.63) is 17.5 Å². The third-order valence-electron chi connectivity index (χ3n) is 3.50. The van der Waals surface area contributed by atoms with E-state index >= 15 is 0 Å². The Morgan fingerprint density at radius 2 is 2.28 bits per heavy atom. The van der Waals surface area contributed by atoms with Crippen LogP contribution in [0, 0.1) is 5.92 Å². The van der Waals surface area contributed by atoms with E-state index in [9.17, 15) is 0 Å². The van der Waals surface area contributed by atoms with Crippen molar-refractivity contribution in [1.82, 2.24) is 9.97 Å². The Labute approximate surface area is 107 Å². The monoisotopic (exact) mass is 248 g/mol. The van der Waals surface area contributed by atoms with Crippen LogP contribution in [0.4, 0.5) is 5.95 Å². The summed E-state index contributed by atoms with van der Waals surface area (Å²) in [5.41, 5.74) is 8.07. The molecule has 0 bridgehead atoms. The molecule has 1 atom stereocenters. The van der Waals surface area contributed by atoms with Crippen molar-refractivity contribution < 1.29 is 5.21 Å². The number of aromatic nitrogens is 2.